The van der Waals surface area contributed by atoms with Crippen molar-refractivity contribution in [2.75, 3.05) is 6.61 Å². The number of rotatable bonds is 6. The summed E-state index contributed by atoms with van der Waals surface area (Å²) >= 11 is 0. The molecule has 1 atom stereocenters. The third kappa shape index (κ3) is 4.43. The molecule has 0 bridgehead atoms. The number of carboxylic acid groups (broad SMARTS) is 1. The molecular formula is C14H16N4O5. The number of nitro groups is 1. The fourth-order valence-corrected chi connectivity index (χ4v) is 1.98. The van der Waals surface area contributed by atoms with Crippen molar-refractivity contribution in [3.05, 3.63) is 40.7 Å². The van der Waals surface area contributed by atoms with Gasteiger partial charge >= 0.3 is 6.09 Å². The molecule has 1 aromatic heterocycles. The van der Waals surface area contributed by atoms with Gasteiger partial charge in [0.15, 0.2) is 0 Å². The molecule has 23 heavy (non-hydrogen) atoms. The molecule has 0 aliphatic carbocycles. The highest BCUT2D eigenvalue weighted by Gasteiger charge is 2.14. The summed E-state index contributed by atoms with van der Waals surface area (Å²) in [5, 5.41) is 26.0. The number of nitro benzene ring substituents is 1. The number of hydrogen-bond acceptors (Lipinski definition) is 5. The molecule has 9 nitrogen and oxygen atoms in total. The van der Waals surface area contributed by atoms with Crippen LogP contribution < -0.4 is 10.1 Å². The summed E-state index contributed by atoms with van der Waals surface area (Å²) in [4.78, 5) is 21.1. The van der Waals surface area contributed by atoms with Crippen LogP contribution in [0.25, 0.3) is 11.1 Å². The summed E-state index contributed by atoms with van der Waals surface area (Å²) in [6.45, 7) is 1.69. The van der Waals surface area contributed by atoms with Crippen LogP contribution >= 0.6 is 0 Å². The molecule has 0 fully saturated rings. The van der Waals surface area contributed by atoms with Crippen molar-refractivity contribution in [2.45, 2.75) is 13.0 Å². The molecule has 0 aliphatic rings. The molecule has 2 N–H and O–H groups in total. The third-order valence-electron chi connectivity index (χ3n) is 3.01. The summed E-state index contributed by atoms with van der Waals surface area (Å²) < 4.78 is 7.06. The molecule has 0 unspecified atom stereocenters. The smallest absolute Gasteiger partial charge is 0.404 e. The Bertz CT molecular complexity index is 728. The fourth-order valence-electron chi connectivity index (χ4n) is 1.98. The number of benzene rings is 1. The van der Waals surface area contributed by atoms with Crippen molar-refractivity contribution in [1.29, 1.82) is 0 Å². The minimum atomic E-state index is -1.16. The number of aryl methyl sites for hydroxylation is 1. The second kappa shape index (κ2) is 6.77. The first kappa shape index (κ1) is 16.3. The minimum Gasteiger partial charge on any atom is -0.491 e. The van der Waals surface area contributed by atoms with Crippen molar-refractivity contribution in [2.24, 2.45) is 7.05 Å². The molecule has 0 aliphatic heterocycles. The van der Waals surface area contributed by atoms with Crippen LogP contribution in [-0.4, -0.2) is 38.6 Å². The predicted molar refractivity (Wildman–Crippen MR) is 81.4 cm³/mol. The topological polar surface area (TPSA) is 120 Å². The summed E-state index contributed by atoms with van der Waals surface area (Å²) in [6.07, 6.45) is 2.17. The molecule has 0 saturated heterocycles. The Kier molecular flexibility index (Phi) is 4.79. The zero-order valence-corrected chi connectivity index (χ0v) is 12.6. The lowest BCUT2D eigenvalue weighted by Gasteiger charge is -2.13. The van der Waals surface area contributed by atoms with E-state index in [-0.39, 0.29) is 18.0 Å². The van der Waals surface area contributed by atoms with E-state index in [9.17, 15) is 14.9 Å². The molecule has 0 radical (unpaired) electrons. The largest absolute Gasteiger partial charge is 0.491 e. The maximum Gasteiger partial charge on any atom is 0.404 e. The lowest BCUT2D eigenvalue weighted by atomic mass is 10.1. The van der Waals surface area contributed by atoms with Crippen LogP contribution in [0.2, 0.25) is 0 Å². The van der Waals surface area contributed by atoms with Gasteiger partial charge in [-0.2, -0.15) is 5.10 Å². The molecule has 122 valence electrons. The van der Waals surface area contributed by atoms with Crippen LogP contribution in [0.5, 0.6) is 5.75 Å². The average molecular weight is 320 g/mol. The monoisotopic (exact) mass is 320 g/mol. The quantitative estimate of drug-likeness (QED) is 0.620. The number of aromatic nitrogens is 2. The first-order valence-corrected chi connectivity index (χ1v) is 6.76. The Morgan fingerprint density at radius 3 is 2.78 bits per heavy atom. The van der Waals surface area contributed by atoms with E-state index in [1.54, 1.807) is 37.1 Å². The first-order valence-electron chi connectivity index (χ1n) is 6.76. The van der Waals surface area contributed by atoms with Crippen LogP contribution in [-0.2, 0) is 7.05 Å². The van der Waals surface area contributed by atoms with Gasteiger partial charge in [-0.1, -0.05) is 0 Å². The van der Waals surface area contributed by atoms with Crippen molar-refractivity contribution in [3.8, 4) is 16.9 Å². The van der Waals surface area contributed by atoms with Crippen molar-refractivity contribution < 1.29 is 19.6 Å². The second-order valence-corrected chi connectivity index (χ2v) is 5.04. The van der Waals surface area contributed by atoms with Crippen molar-refractivity contribution in [3.63, 3.8) is 0 Å². The van der Waals surface area contributed by atoms with Gasteiger partial charge in [-0.25, -0.2) is 4.79 Å². The van der Waals surface area contributed by atoms with Crippen LogP contribution in [0.1, 0.15) is 6.92 Å². The Morgan fingerprint density at radius 2 is 2.22 bits per heavy atom. The molecule has 1 heterocycles. The number of amides is 1. The normalized spacial score (nSPS) is 11.7. The summed E-state index contributed by atoms with van der Waals surface area (Å²) in [5.41, 5.74) is 1.21. The number of nitrogens with zero attached hydrogens (tertiary/aromatic N) is 3. The lowest BCUT2D eigenvalue weighted by molar-refractivity contribution is -0.384. The Hall–Kier alpha value is -3.10. The molecular weight excluding hydrogens is 304 g/mol. The SMILES string of the molecule is C[C@@H](COc1cc(-c2cnn(C)c2)cc([N+](=O)[O-])c1)NC(=O)O. The molecule has 9 heteroatoms. The molecule has 2 aromatic rings. The molecule has 1 aromatic carbocycles. The molecule has 1 amide bonds. The lowest BCUT2D eigenvalue weighted by Crippen LogP contribution is -2.35. The van der Waals surface area contributed by atoms with E-state index in [1.165, 1.54) is 12.1 Å². The highest BCUT2D eigenvalue weighted by molar-refractivity contribution is 5.67. The zero-order valence-electron chi connectivity index (χ0n) is 12.6. The maximum atomic E-state index is 11.1. The summed E-state index contributed by atoms with van der Waals surface area (Å²) in [6, 6.07) is 3.93. The Balaban J connectivity index is 2.23. The van der Waals surface area contributed by atoms with E-state index in [1.807, 2.05) is 0 Å². The van der Waals surface area contributed by atoms with Crippen molar-refractivity contribution >= 4 is 11.8 Å². The predicted octanol–water partition coefficient (Wildman–Crippen LogP) is 2.03. The van der Waals surface area contributed by atoms with E-state index in [0.29, 0.717) is 5.56 Å². The number of ether oxygens (including phenoxy) is 1. The fraction of sp³-hybridized carbons (Fsp3) is 0.286. The van der Waals surface area contributed by atoms with Crippen LogP contribution in [0, 0.1) is 10.1 Å². The van der Waals surface area contributed by atoms with Gasteiger partial charge in [-0.3, -0.25) is 14.8 Å². The minimum absolute atomic E-state index is 0.0555. The molecule has 0 saturated carbocycles. The molecule has 2 rings (SSSR count). The van der Waals surface area contributed by atoms with Gasteiger partial charge < -0.3 is 15.2 Å². The van der Waals surface area contributed by atoms with Gasteiger partial charge in [0.05, 0.1) is 23.2 Å². The number of nitrogens with one attached hydrogen (secondary N) is 1. The van der Waals surface area contributed by atoms with Crippen LogP contribution in [0.15, 0.2) is 30.6 Å². The standard InChI is InChI=1S/C14H16N4O5/c1-9(16-14(19)20)8-23-13-4-10(3-12(5-13)18(21)22)11-6-15-17(2)7-11/h3-7,9,16H,8H2,1-2H3,(H,19,20)/t9-/m0/s1. The van der Waals surface area contributed by atoms with Gasteiger partial charge in [0.1, 0.15) is 12.4 Å². The Morgan fingerprint density at radius 1 is 1.48 bits per heavy atom. The van der Waals surface area contributed by atoms with E-state index in [4.69, 9.17) is 9.84 Å². The second-order valence-electron chi connectivity index (χ2n) is 5.04. The summed E-state index contributed by atoms with van der Waals surface area (Å²) in [5.74, 6) is 0.289. The van der Waals surface area contributed by atoms with Gasteiger partial charge in [0, 0.05) is 24.9 Å². The van der Waals surface area contributed by atoms with E-state index in [2.05, 4.69) is 10.4 Å². The number of hydrogen-bond donors (Lipinski definition) is 2. The average Bonchev–Trinajstić information content (AvgIpc) is 2.91. The maximum absolute atomic E-state index is 11.1. The van der Waals surface area contributed by atoms with Gasteiger partial charge in [0.25, 0.3) is 5.69 Å². The molecule has 0 spiro atoms. The highest BCUT2D eigenvalue weighted by atomic mass is 16.6. The number of non-ortho nitro benzene ring substituents is 1. The van der Waals surface area contributed by atoms with Crippen molar-refractivity contribution in [1.82, 2.24) is 15.1 Å². The summed E-state index contributed by atoms with van der Waals surface area (Å²) in [7, 11) is 1.75. The van der Waals surface area contributed by atoms with E-state index >= 15 is 0 Å². The van der Waals surface area contributed by atoms with Gasteiger partial charge in [-0.15, -0.1) is 0 Å². The zero-order chi connectivity index (χ0) is 17.0. The number of carbonyl (C=O) groups is 1. The van der Waals surface area contributed by atoms with Gasteiger partial charge in [-0.05, 0) is 18.6 Å². The van der Waals surface area contributed by atoms with E-state index in [0.717, 1.165) is 5.56 Å². The highest BCUT2D eigenvalue weighted by Crippen LogP contribution is 2.29. The third-order valence-corrected chi connectivity index (χ3v) is 3.01. The first-order chi connectivity index (χ1) is 10.8. The Labute approximate surface area is 131 Å². The van der Waals surface area contributed by atoms with E-state index < -0.39 is 17.1 Å². The van der Waals surface area contributed by atoms with Gasteiger partial charge in [0.2, 0.25) is 0 Å². The van der Waals surface area contributed by atoms with Crippen LogP contribution in [0.3, 0.4) is 0 Å². The van der Waals surface area contributed by atoms with Crippen LogP contribution in [0.4, 0.5) is 10.5 Å².